The van der Waals surface area contributed by atoms with Gasteiger partial charge in [0.2, 0.25) is 11.5 Å². The lowest BCUT2D eigenvalue weighted by Gasteiger charge is -2.34. The zero-order chi connectivity index (χ0) is 19.8. The molecule has 0 radical (unpaired) electrons. The van der Waals surface area contributed by atoms with Crippen molar-refractivity contribution >= 4 is 12.4 Å². The summed E-state index contributed by atoms with van der Waals surface area (Å²) in [5, 5.41) is 9.85. The second kappa shape index (κ2) is 6.84. The van der Waals surface area contributed by atoms with Crippen molar-refractivity contribution in [1.29, 1.82) is 0 Å². The Morgan fingerprint density at radius 1 is 1.04 bits per heavy atom. The second-order valence-corrected chi connectivity index (χ2v) is 6.25. The Kier molecular flexibility index (Phi) is 4.35. The molecule has 0 aliphatic carbocycles. The van der Waals surface area contributed by atoms with E-state index in [4.69, 9.17) is 23.7 Å². The lowest BCUT2D eigenvalue weighted by Crippen LogP contribution is -2.35. The molecule has 0 saturated heterocycles. The Bertz CT molecular complexity index is 993. The second-order valence-electron chi connectivity index (χ2n) is 6.25. The summed E-state index contributed by atoms with van der Waals surface area (Å²) in [6.45, 7) is 3.81. The first-order valence-corrected chi connectivity index (χ1v) is 8.51. The van der Waals surface area contributed by atoms with E-state index in [1.54, 1.807) is 24.3 Å². The van der Waals surface area contributed by atoms with Crippen molar-refractivity contribution in [1.82, 2.24) is 0 Å². The molecule has 2 aromatic carbocycles. The zero-order valence-electron chi connectivity index (χ0n) is 15.3. The first kappa shape index (κ1) is 17.8. The Balaban J connectivity index is 1.84. The minimum atomic E-state index is -0.934. The van der Waals surface area contributed by atoms with Crippen LogP contribution in [-0.2, 0) is 4.79 Å². The number of allylic oxidation sites excluding steroid dienone is 1. The van der Waals surface area contributed by atoms with Crippen molar-refractivity contribution < 1.29 is 33.6 Å². The molecule has 2 aromatic rings. The summed E-state index contributed by atoms with van der Waals surface area (Å²) < 4.78 is 28.4. The molecule has 2 aliphatic rings. The molecule has 1 N–H and O–H groups in total. The van der Waals surface area contributed by atoms with Gasteiger partial charge in [0.25, 0.3) is 0 Å². The van der Waals surface area contributed by atoms with Crippen LogP contribution in [0, 0.1) is 0 Å². The van der Waals surface area contributed by atoms with E-state index in [1.807, 2.05) is 6.08 Å². The highest BCUT2D eigenvalue weighted by Gasteiger charge is 2.38. The molecular weight excluding hydrogens is 364 g/mol. The number of fused-ring (bicyclic) bond motifs is 3. The first-order chi connectivity index (χ1) is 13.5. The predicted molar refractivity (Wildman–Crippen MR) is 100 cm³/mol. The molecule has 0 saturated carbocycles. The van der Waals surface area contributed by atoms with Gasteiger partial charge in [0.1, 0.15) is 5.76 Å². The van der Waals surface area contributed by atoms with Crippen LogP contribution in [0.15, 0.2) is 42.7 Å². The fourth-order valence-electron chi connectivity index (χ4n) is 3.19. The van der Waals surface area contributed by atoms with Gasteiger partial charge in [-0.1, -0.05) is 12.6 Å². The number of hydrogen-bond donors (Lipinski definition) is 1. The molecule has 0 bridgehead atoms. The summed E-state index contributed by atoms with van der Waals surface area (Å²) >= 11 is 0. The smallest absolute Gasteiger partial charge is 0.209 e. The zero-order valence-corrected chi connectivity index (χ0v) is 15.3. The number of aromatic hydroxyl groups is 1. The highest BCUT2D eigenvalue weighted by Crippen LogP contribution is 2.53. The maximum atomic E-state index is 11.7. The minimum absolute atomic E-state index is 0.0187. The molecule has 0 spiro atoms. The molecule has 0 fully saturated rings. The third-order valence-corrected chi connectivity index (χ3v) is 4.55. The van der Waals surface area contributed by atoms with E-state index in [0.29, 0.717) is 34.9 Å². The summed E-state index contributed by atoms with van der Waals surface area (Å²) in [5.74, 6) is 2.14. The van der Waals surface area contributed by atoms with Crippen molar-refractivity contribution in [3.8, 4) is 34.5 Å². The van der Waals surface area contributed by atoms with E-state index >= 15 is 0 Å². The SMILES string of the molecule is C=C1C=Cc2cc(OC)c3c(c2O1)OC(c1ccc(O)c(OC)c1)C(C=O)O3. The van der Waals surface area contributed by atoms with Gasteiger partial charge in [0, 0.05) is 11.1 Å². The van der Waals surface area contributed by atoms with Crippen LogP contribution in [0.4, 0.5) is 0 Å². The Labute approximate surface area is 161 Å². The number of phenolic OH excluding ortho intramolecular Hbond substituents is 1. The number of phenols is 1. The van der Waals surface area contributed by atoms with Crippen LogP contribution in [0.25, 0.3) is 6.08 Å². The van der Waals surface area contributed by atoms with Gasteiger partial charge in [-0.15, -0.1) is 0 Å². The number of aldehydes is 1. The van der Waals surface area contributed by atoms with Crippen LogP contribution >= 0.6 is 0 Å². The molecule has 28 heavy (non-hydrogen) atoms. The van der Waals surface area contributed by atoms with Gasteiger partial charge in [0.05, 0.1) is 14.2 Å². The number of carbonyl (C=O) groups excluding carboxylic acids is 1. The van der Waals surface area contributed by atoms with E-state index in [-0.39, 0.29) is 17.2 Å². The van der Waals surface area contributed by atoms with Gasteiger partial charge in [0.15, 0.2) is 41.5 Å². The molecule has 0 amide bonds. The highest BCUT2D eigenvalue weighted by molar-refractivity contribution is 5.75. The normalized spacial score (nSPS) is 19.4. The summed E-state index contributed by atoms with van der Waals surface area (Å²) in [5.41, 5.74) is 1.33. The van der Waals surface area contributed by atoms with E-state index in [1.165, 1.54) is 20.3 Å². The van der Waals surface area contributed by atoms with Crippen LogP contribution in [0.2, 0.25) is 0 Å². The number of ether oxygens (including phenoxy) is 5. The third-order valence-electron chi connectivity index (χ3n) is 4.55. The van der Waals surface area contributed by atoms with Gasteiger partial charge in [-0.2, -0.15) is 0 Å². The van der Waals surface area contributed by atoms with Crippen molar-refractivity contribution in [2.24, 2.45) is 0 Å². The van der Waals surface area contributed by atoms with Crippen LogP contribution in [-0.4, -0.2) is 31.7 Å². The van der Waals surface area contributed by atoms with Gasteiger partial charge in [-0.05, 0) is 30.4 Å². The average Bonchev–Trinajstić information content (AvgIpc) is 2.72. The fourth-order valence-corrected chi connectivity index (χ4v) is 3.19. The number of benzene rings is 2. The molecule has 144 valence electrons. The van der Waals surface area contributed by atoms with Crippen LogP contribution in [0.1, 0.15) is 17.2 Å². The lowest BCUT2D eigenvalue weighted by atomic mass is 10.0. The number of hydrogen-bond acceptors (Lipinski definition) is 7. The topological polar surface area (TPSA) is 83.5 Å². The Hall–Kier alpha value is -3.61. The third kappa shape index (κ3) is 2.81. The van der Waals surface area contributed by atoms with Crippen molar-refractivity contribution in [2.75, 3.05) is 14.2 Å². The van der Waals surface area contributed by atoms with Crippen LogP contribution < -0.4 is 23.7 Å². The monoisotopic (exact) mass is 382 g/mol. The molecule has 2 atom stereocenters. The van der Waals surface area contributed by atoms with Crippen molar-refractivity contribution in [3.63, 3.8) is 0 Å². The first-order valence-electron chi connectivity index (χ1n) is 8.51. The highest BCUT2D eigenvalue weighted by atomic mass is 16.6. The molecule has 2 heterocycles. The molecule has 7 nitrogen and oxygen atoms in total. The van der Waals surface area contributed by atoms with Crippen molar-refractivity contribution in [3.05, 3.63) is 53.8 Å². The van der Waals surface area contributed by atoms with Crippen molar-refractivity contribution in [2.45, 2.75) is 12.2 Å². The Morgan fingerprint density at radius 3 is 2.54 bits per heavy atom. The van der Waals surface area contributed by atoms with Crippen LogP contribution in [0.5, 0.6) is 34.5 Å². The molecule has 2 unspecified atom stereocenters. The van der Waals surface area contributed by atoms with Gasteiger partial charge in [-0.3, -0.25) is 4.79 Å². The van der Waals surface area contributed by atoms with E-state index < -0.39 is 12.2 Å². The summed E-state index contributed by atoms with van der Waals surface area (Å²) in [6.07, 6.45) is 2.51. The Morgan fingerprint density at radius 2 is 1.82 bits per heavy atom. The maximum Gasteiger partial charge on any atom is 0.209 e. The number of rotatable bonds is 4. The quantitative estimate of drug-likeness (QED) is 0.812. The van der Waals surface area contributed by atoms with E-state index in [0.717, 1.165) is 5.56 Å². The molecular formula is C21H18O7. The summed E-state index contributed by atoms with van der Waals surface area (Å²) in [6, 6.07) is 6.44. The standard InChI is InChI=1S/C21H18O7/c1-11-4-5-13-9-16(25-3)20-21(19(13)26-11)28-18(17(10-22)27-20)12-6-7-14(23)15(8-12)24-2/h4-10,17-18,23H,1H2,2-3H3. The lowest BCUT2D eigenvalue weighted by molar-refractivity contribution is -0.119. The maximum absolute atomic E-state index is 11.7. The molecule has 2 aliphatic heterocycles. The van der Waals surface area contributed by atoms with Gasteiger partial charge >= 0.3 is 0 Å². The summed E-state index contributed by atoms with van der Waals surface area (Å²) in [7, 11) is 2.95. The van der Waals surface area contributed by atoms with Crippen LogP contribution in [0.3, 0.4) is 0 Å². The van der Waals surface area contributed by atoms with Gasteiger partial charge in [-0.25, -0.2) is 0 Å². The van der Waals surface area contributed by atoms with E-state index in [9.17, 15) is 9.90 Å². The molecule has 0 aromatic heterocycles. The van der Waals surface area contributed by atoms with Gasteiger partial charge < -0.3 is 28.8 Å². The van der Waals surface area contributed by atoms with E-state index in [2.05, 4.69) is 6.58 Å². The average molecular weight is 382 g/mol. The number of methoxy groups -OCH3 is 2. The fraction of sp³-hybridized carbons (Fsp3) is 0.190. The largest absolute Gasteiger partial charge is 0.504 e. The predicted octanol–water partition coefficient (Wildman–Crippen LogP) is 3.41. The molecule has 4 rings (SSSR count). The molecule has 7 heteroatoms. The minimum Gasteiger partial charge on any atom is -0.504 e. The number of carbonyl (C=O) groups is 1. The summed E-state index contributed by atoms with van der Waals surface area (Å²) in [4.78, 5) is 11.7.